The molecule has 0 aromatic carbocycles. The Kier molecular flexibility index (Phi) is 7.09. The van der Waals surface area contributed by atoms with Crippen LogP contribution in [-0.2, 0) is 0 Å². The van der Waals surface area contributed by atoms with Gasteiger partial charge in [-0.05, 0) is 25.3 Å². The average molecular weight is 480 g/mol. The van der Waals surface area contributed by atoms with Gasteiger partial charge in [0.05, 0.1) is 24.3 Å². The molecule has 0 saturated heterocycles. The lowest BCUT2D eigenvalue weighted by atomic mass is 10.2. The van der Waals surface area contributed by atoms with Crippen molar-refractivity contribution in [2.24, 2.45) is 0 Å². The molecule has 4 rings (SSSR count). The molecule has 2 atom stereocenters. The smallest absolute Gasteiger partial charge is 0.387 e. The molecule has 1 fully saturated rings. The first-order valence-electron chi connectivity index (χ1n) is 10.3. The molecule has 180 valence electrons. The van der Waals surface area contributed by atoms with Crippen molar-refractivity contribution in [2.45, 2.75) is 44.6 Å². The first-order valence-corrected chi connectivity index (χ1v) is 10.3. The van der Waals surface area contributed by atoms with Crippen molar-refractivity contribution in [3.8, 4) is 17.2 Å². The molecule has 0 aliphatic heterocycles. The van der Waals surface area contributed by atoms with Gasteiger partial charge in [0.15, 0.2) is 17.3 Å². The van der Waals surface area contributed by atoms with E-state index in [2.05, 4.69) is 35.1 Å². The molecule has 2 N–H and O–H groups in total. The van der Waals surface area contributed by atoms with Gasteiger partial charge in [0.1, 0.15) is 0 Å². The van der Waals surface area contributed by atoms with Crippen LogP contribution in [0.15, 0.2) is 53.8 Å². The molecular weight excluding hydrogens is 460 g/mol. The Hall–Kier alpha value is -3.90. The van der Waals surface area contributed by atoms with E-state index >= 15 is 0 Å². The topological polar surface area (TPSA) is 103 Å². The lowest BCUT2D eigenvalue weighted by molar-refractivity contribution is -0.0507. The normalized spacial score (nSPS) is 17.7. The maximum absolute atomic E-state index is 13.0. The second-order valence-corrected chi connectivity index (χ2v) is 7.44. The first kappa shape index (κ1) is 23.3. The van der Waals surface area contributed by atoms with Crippen LogP contribution in [0.4, 0.5) is 29.3 Å². The van der Waals surface area contributed by atoms with Gasteiger partial charge in [-0.3, -0.25) is 9.36 Å². The molecule has 0 spiro atoms. The third-order valence-corrected chi connectivity index (χ3v) is 5.12. The molecular formula is C21H20F4N6O3. The van der Waals surface area contributed by atoms with E-state index < -0.39 is 13.2 Å². The van der Waals surface area contributed by atoms with Gasteiger partial charge < -0.3 is 20.1 Å². The van der Waals surface area contributed by atoms with E-state index in [-0.39, 0.29) is 46.6 Å². The SMILES string of the molecule is O=c1ccccn1-c1cnc(N[C@H]2CC[C@H](Nc3ncc(OC(F)F)cn3)C2)c(OC(F)F)c1. The molecule has 0 amide bonds. The van der Waals surface area contributed by atoms with Crippen LogP contribution in [0.1, 0.15) is 19.3 Å². The van der Waals surface area contributed by atoms with Crippen molar-refractivity contribution >= 4 is 11.8 Å². The molecule has 3 aromatic heterocycles. The Morgan fingerprint density at radius 1 is 0.941 bits per heavy atom. The fourth-order valence-corrected chi connectivity index (χ4v) is 3.67. The lowest BCUT2D eigenvalue weighted by Gasteiger charge is -2.18. The predicted molar refractivity (Wildman–Crippen MR) is 114 cm³/mol. The second-order valence-electron chi connectivity index (χ2n) is 7.44. The average Bonchev–Trinajstić information content (AvgIpc) is 3.23. The number of anilines is 2. The van der Waals surface area contributed by atoms with Crippen molar-refractivity contribution in [1.82, 2.24) is 19.5 Å². The quantitative estimate of drug-likeness (QED) is 0.448. The minimum Gasteiger partial charge on any atom is -0.432 e. The summed E-state index contributed by atoms with van der Waals surface area (Å²) in [4.78, 5) is 24.2. The summed E-state index contributed by atoms with van der Waals surface area (Å²) in [6, 6.07) is 5.72. The Morgan fingerprint density at radius 3 is 2.32 bits per heavy atom. The van der Waals surface area contributed by atoms with Crippen LogP contribution in [0.2, 0.25) is 0 Å². The van der Waals surface area contributed by atoms with E-state index in [1.54, 1.807) is 12.1 Å². The summed E-state index contributed by atoms with van der Waals surface area (Å²) < 4.78 is 60.6. The summed E-state index contributed by atoms with van der Waals surface area (Å²) >= 11 is 0. The largest absolute Gasteiger partial charge is 0.432 e. The lowest BCUT2D eigenvalue weighted by Crippen LogP contribution is -2.23. The zero-order valence-corrected chi connectivity index (χ0v) is 17.6. The fraction of sp³-hybridized carbons (Fsp3) is 0.333. The van der Waals surface area contributed by atoms with Crippen molar-refractivity contribution in [1.29, 1.82) is 0 Å². The number of hydrogen-bond donors (Lipinski definition) is 2. The third kappa shape index (κ3) is 5.91. The van der Waals surface area contributed by atoms with Crippen LogP contribution >= 0.6 is 0 Å². The Morgan fingerprint density at radius 2 is 1.65 bits per heavy atom. The van der Waals surface area contributed by atoms with Gasteiger partial charge in [-0.25, -0.2) is 15.0 Å². The van der Waals surface area contributed by atoms with E-state index in [1.807, 2.05) is 0 Å². The van der Waals surface area contributed by atoms with Gasteiger partial charge in [0.25, 0.3) is 5.56 Å². The maximum Gasteiger partial charge on any atom is 0.387 e. The van der Waals surface area contributed by atoms with Crippen molar-refractivity contribution in [3.63, 3.8) is 0 Å². The molecule has 0 radical (unpaired) electrons. The summed E-state index contributed by atoms with van der Waals surface area (Å²) in [6.07, 6.45) is 7.18. The highest BCUT2D eigenvalue weighted by Crippen LogP contribution is 2.31. The van der Waals surface area contributed by atoms with Crippen molar-refractivity contribution in [3.05, 3.63) is 59.4 Å². The van der Waals surface area contributed by atoms with E-state index in [9.17, 15) is 22.4 Å². The molecule has 3 aromatic rings. The van der Waals surface area contributed by atoms with E-state index in [0.717, 1.165) is 18.8 Å². The van der Waals surface area contributed by atoms with Gasteiger partial charge in [-0.1, -0.05) is 6.07 Å². The first-order chi connectivity index (χ1) is 16.4. The van der Waals surface area contributed by atoms with Crippen LogP contribution < -0.4 is 25.7 Å². The van der Waals surface area contributed by atoms with Crippen molar-refractivity contribution in [2.75, 3.05) is 10.6 Å². The highest BCUT2D eigenvalue weighted by molar-refractivity contribution is 5.55. The molecule has 13 heteroatoms. The van der Waals surface area contributed by atoms with Crippen LogP contribution in [0.3, 0.4) is 0 Å². The van der Waals surface area contributed by atoms with E-state index in [1.165, 1.54) is 29.1 Å². The monoisotopic (exact) mass is 480 g/mol. The zero-order chi connectivity index (χ0) is 24.1. The Labute approximate surface area is 190 Å². The van der Waals surface area contributed by atoms with E-state index in [4.69, 9.17) is 0 Å². The molecule has 0 bridgehead atoms. The number of aromatic nitrogens is 4. The fourth-order valence-electron chi connectivity index (χ4n) is 3.67. The summed E-state index contributed by atoms with van der Waals surface area (Å²) in [5.74, 6) is 0.0520. The summed E-state index contributed by atoms with van der Waals surface area (Å²) in [5, 5.41) is 6.22. The Balaban J connectivity index is 1.42. The third-order valence-electron chi connectivity index (χ3n) is 5.12. The summed E-state index contributed by atoms with van der Waals surface area (Å²) in [5.41, 5.74) is -0.0529. The number of alkyl halides is 4. The number of hydrogen-bond acceptors (Lipinski definition) is 8. The highest BCUT2D eigenvalue weighted by Gasteiger charge is 2.27. The minimum absolute atomic E-state index is 0.0407. The molecule has 3 heterocycles. The number of nitrogens with zero attached hydrogens (tertiary/aromatic N) is 4. The Bertz CT molecular complexity index is 1160. The maximum atomic E-state index is 13.0. The van der Waals surface area contributed by atoms with Gasteiger partial charge in [0.2, 0.25) is 5.95 Å². The number of nitrogens with one attached hydrogen (secondary N) is 2. The van der Waals surface area contributed by atoms with Gasteiger partial charge >= 0.3 is 13.2 Å². The van der Waals surface area contributed by atoms with Gasteiger partial charge in [-0.15, -0.1) is 0 Å². The number of halogens is 4. The van der Waals surface area contributed by atoms with Gasteiger partial charge in [-0.2, -0.15) is 17.6 Å². The highest BCUT2D eigenvalue weighted by atomic mass is 19.3. The van der Waals surface area contributed by atoms with Crippen LogP contribution in [0.25, 0.3) is 5.69 Å². The number of pyridine rings is 2. The molecule has 1 aliphatic rings. The predicted octanol–water partition coefficient (Wildman–Crippen LogP) is 3.67. The van der Waals surface area contributed by atoms with Crippen LogP contribution in [-0.4, -0.2) is 44.8 Å². The molecule has 34 heavy (non-hydrogen) atoms. The number of ether oxygens (including phenoxy) is 2. The minimum atomic E-state index is -3.07. The molecule has 9 nitrogen and oxygen atoms in total. The van der Waals surface area contributed by atoms with Crippen LogP contribution in [0.5, 0.6) is 11.5 Å². The molecule has 1 saturated carbocycles. The summed E-state index contributed by atoms with van der Waals surface area (Å²) in [6.45, 7) is -6.03. The summed E-state index contributed by atoms with van der Waals surface area (Å²) in [7, 11) is 0. The molecule has 0 unspecified atom stereocenters. The zero-order valence-electron chi connectivity index (χ0n) is 17.6. The molecule has 1 aliphatic carbocycles. The second kappa shape index (κ2) is 10.4. The van der Waals surface area contributed by atoms with Gasteiger partial charge in [0, 0.05) is 30.4 Å². The van der Waals surface area contributed by atoms with Crippen LogP contribution in [0, 0.1) is 0 Å². The number of rotatable bonds is 9. The van der Waals surface area contributed by atoms with E-state index in [0.29, 0.717) is 12.8 Å². The van der Waals surface area contributed by atoms with Crippen molar-refractivity contribution < 1.29 is 27.0 Å². The standard InChI is InChI=1S/C21H20F4N6O3/c22-19(23)33-15-10-27-21(28-11-15)30-13-5-4-12(7-13)29-18-16(34-20(24)25)8-14(9-26-18)31-6-2-1-3-17(31)32/h1-3,6,8-13,19-20H,4-5,7H2,(H,26,29)(H,27,28,30)/t12-,13-/m0/s1.